The summed E-state index contributed by atoms with van der Waals surface area (Å²) in [5, 5.41) is 30.2. The molecule has 27 nitrogen and oxygen atoms in total. The quantitative estimate of drug-likeness (QED) is 0.0461. The topological polar surface area (TPSA) is 462 Å². The molecule has 16 N–H and O–H groups in total. The van der Waals surface area contributed by atoms with E-state index in [4.69, 9.17) is 68.5 Å². The third-order valence-corrected chi connectivity index (χ3v) is 21.6. The number of nitrogens with one attached hydrogen (secondary N) is 1. The number of aliphatic hydroxyl groups excluding tert-OH is 2. The Labute approximate surface area is 547 Å². The first-order chi connectivity index (χ1) is 41.8. The van der Waals surface area contributed by atoms with E-state index in [1.807, 2.05) is 80.5 Å². The van der Waals surface area contributed by atoms with E-state index in [9.17, 15) is 53.2 Å². The summed E-state index contributed by atoms with van der Waals surface area (Å²) in [6, 6.07) is 2.68. The first-order valence-corrected chi connectivity index (χ1v) is 32.0. The minimum absolute atomic E-state index is 0. The number of ether oxygens (including phenoxy) is 1. The molecular weight excluding hydrogens is 1250 g/mol. The number of benzene rings is 1. The number of carbonyl (C=O) groups is 7. The van der Waals surface area contributed by atoms with E-state index in [0.717, 1.165) is 11.1 Å². The number of fused-ring (bicyclic) bond motifs is 7. The Hall–Kier alpha value is -6.49. The van der Waals surface area contributed by atoms with Gasteiger partial charge in [0.2, 0.25) is 41.4 Å². The molecule has 8 bridgehead atoms. The molecule has 506 valence electrons. The number of nitrogens with zero attached hydrogens (tertiary/aromatic N) is 6. The third-order valence-electron chi connectivity index (χ3n) is 20.5. The molecule has 1 aromatic carbocycles. The van der Waals surface area contributed by atoms with Crippen molar-refractivity contribution in [3.8, 4) is 0 Å². The van der Waals surface area contributed by atoms with E-state index < -0.39 is 143 Å². The number of aliphatic imine (C=N–C) groups is 3. The van der Waals surface area contributed by atoms with E-state index >= 15 is 0 Å². The normalized spacial score (nSPS) is 33.5. The van der Waals surface area contributed by atoms with Crippen molar-refractivity contribution < 1.29 is 83.8 Å². The number of carbonyl (C=O) groups excluding carboxylic acids is 7. The van der Waals surface area contributed by atoms with E-state index in [0.29, 0.717) is 56.4 Å². The average molecular weight is 1350 g/mol. The van der Waals surface area contributed by atoms with Crippen LogP contribution in [0.1, 0.15) is 150 Å². The summed E-state index contributed by atoms with van der Waals surface area (Å²) in [6.07, 6.45) is -4.47. The molecule has 0 saturated carbocycles. The van der Waals surface area contributed by atoms with Crippen LogP contribution >= 0.6 is 7.82 Å². The van der Waals surface area contributed by atoms with Crippen LogP contribution in [0.2, 0.25) is 0 Å². The number of allylic oxidation sites excluding steroid dienone is 6. The molecule has 1 aromatic heterocycles. The molecule has 6 aliphatic heterocycles. The minimum Gasteiger partial charge on any atom is -0.682 e. The van der Waals surface area contributed by atoms with Crippen LogP contribution in [0.4, 0.5) is 0 Å². The van der Waals surface area contributed by atoms with Crippen molar-refractivity contribution in [2.75, 3.05) is 13.2 Å². The van der Waals surface area contributed by atoms with E-state index in [1.165, 1.54) is 13.3 Å². The molecule has 8 rings (SSSR count). The van der Waals surface area contributed by atoms with Gasteiger partial charge in [0, 0.05) is 108 Å². The molecule has 29 heteroatoms. The van der Waals surface area contributed by atoms with Crippen LogP contribution in [0.3, 0.4) is 0 Å². The number of aryl methyl sites for hydroxylation is 2. The second-order valence-electron chi connectivity index (χ2n) is 27.0. The van der Waals surface area contributed by atoms with E-state index in [1.54, 1.807) is 11.5 Å². The number of phosphoric ester groups is 1. The van der Waals surface area contributed by atoms with Crippen molar-refractivity contribution in [3.05, 3.63) is 76.6 Å². The van der Waals surface area contributed by atoms with Gasteiger partial charge in [0.25, 0.3) is 0 Å². The second-order valence-corrected chi connectivity index (χ2v) is 28.4. The first-order valence-electron chi connectivity index (χ1n) is 30.5. The number of hydrogen-bond donors (Lipinski definition) is 10. The monoisotopic (exact) mass is 1340 g/mol. The Morgan fingerprint density at radius 3 is 1.95 bits per heavy atom. The summed E-state index contributed by atoms with van der Waals surface area (Å²) < 4.78 is 32.3. The van der Waals surface area contributed by atoms with Crippen molar-refractivity contribution >= 4 is 77.3 Å². The van der Waals surface area contributed by atoms with Crippen LogP contribution in [0, 0.1) is 66.6 Å². The zero-order chi connectivity index (χ0) is 66.7. The van der Waals surface area contributed by atoms with Gasteiger partial charge >= 0.3 is 24.6 Å². The Bertz CT molecular complexity index is 3540. The van der Waals surface area contributed by atoms with Crippen LogP contribution in [-0.2, 0) is 68.7 Å². The van der Waals surface area contributed by atoms with Gasteiger partial charge in [-0.15, -0.1) is 0 Å². The van der Waals surface area contributed by atoms with Crippen molar-refractivity contribution in [2.45, 2.75) is 189 Å². The van der Waals surface area contributed by atoms with Gasteiger partial charge in [0.1, 0.15) is 18.3 Å². The first kappa shape index (κ1) is 74.5. The van der Waals surface area contributed by atoms with Gasteiger partial charge in [0.05, 0.1) is 41.3 Å². The summed E-state index contributed by atoms with van der Waals surface area (Å²) in [5.74, 6) is -7.34. The summed E-state index contributed by atoms with van der Waals surface area (Å²) >= 11 is 0. The van der Waals surface area contributed by atoms with Gasteiger partial charge in [-0.1, -0.05) is 40.7 Å². The van der Waals surface area contributed by atoms with Crippen molar-refractivity contribution in [1.29, 1.82) is 0 Å². The van der Waals surface area contributed by atoms with Gasteiger partial charge in [-0.2, -0.15) is 5.70 Å². The van der Waals surface area contributed by atoms with Crippen LogP contribution < -0.4 is 39.7 Å². The zero-order valence-electron chi connectivity index (χ0n) is 54.5. The molecule has 7 amide bonds. The Morgan fingerprint density at radius 2 is 1.37 bits per heavy atom. The third kappa shape index (κ3) is 14.1. The molecule has 2 fully saturated rings. The molecule has 2 unspecified atom stereocenters. The molecule has 6 aliphatic rings. The Morgan fingerprint density at radius 1 is 0.783 bits per heavy atom. The summed E-state index contributed by atoms with van der Waals surface area (Å²) in [7, 11) is -5.07. The fourth-order valence-electron chi connectivity index (χ4n) is 15.3. The Kier molecular flexibility index (Phi) is 22.6. The molecule has 0 aliphatic carbocycles. The predicted molar refractivity (Wildman–Crippen MR) is 340 cm³/mol. The van der Waals surface area contributed by atoms with Crippen molar-refractivity contribution in [3.63, 3.8) is 0 Å². The average Bonchev–Trinajstić information content (AvgIpc) is 1.53. The SMILES string of the molecule is C/C1=C2/[N-][C@H]([C@H](CC(N)=O)[C@@]2(C)CCC(=O)NC[C@H](C)OP(=O)(O)OC2[C@@H](O)[C@@H](n3cnc4cc(C)c(C)cc43)O[C@@H]2CO)[C@]2(C)N=C(/C(C)=C3N=C(/C=C4N=C1[C@@H](CCC(N)=O)C/4(C)C)[C@@H](CCC(N)=O)[C@]\3(C)CC(N)=O)[C@@H](CCC(N)=O)[C@]2(C)CC(N)=O.[CH3-].[Co+3]. The number of nitrogens with two attached hydrogens (primary N) is 6. The summed E-state index contributed by atoms with van der Waals surface area (Å²) in [6.45, 7) is 19.1. The molecule has 15 atom stereocenters. The predicted octanol–water partition coefficient (Wildman–Crippen LogP) is 4.40. The maximum absolute atomic E-state index is 14.4. The molecular formula is C63H92CoN13O14P+. The van der Waals surface area contributed by atoms with Crippen LogP contribution in [-0.4, -0.2) is 132 Å². The maximum Gasteiger partial charge on any atom is 3.00 e. The zero-order valence-corrected chi connectivity index (χ0v) is 56.5. The number of aromatic nitrogens is 2. The number of rotatable bonds is 26. The smallest absolute Gasteiger partial charge is 0.682 e. The largest absolute Gasteiger partial charge is 3.00 e. The van der Waals surface area contributed by atoms with E-state index in [2.05, 4.69) is 10.3 Å². The number of primary amides is 6. The van der Waals surface area contributed by atoms with Gasteiger partial charge in [-0.05, 0) is 119 Å². The molecule has 0 radical (unpaired) electrons. The fraction of sp³-hybridized carbons (Fsp3) is 0.619. The summed E-state index contributed by atoms with van der Waals surface area (Å²) in [5.41, 5.74) is 36.8. The number of phosphoric acid groups is 1. The number of amides is 7. The molecule has 2 aromatic rings. The van der Waals surface area contributed by atoms with Crippen molar-refractivity contribution in [2.24, 2.45) is 94.7 Å². The van der Waals surface area contributed by atoms with Crippen LogP contribution in [0.25, 0.3) is 16.4 Å². The maximum atomic E-state index is 14.4. The molecule has 0 spiro atoms. The minimum atomic E-state index is -5.07. The van der Waals surface area contributed by atoms with Gasteiger partial charge in [-0.3, -0.25) is 57.6 Å². The van der Waals surface area contributed by atoms with Gasteiger partial charge in [-0.25, -0.2) is 9.55 Å². The van der Waals surface area contributed by atoms with Crippen LogP contribution in [0.5, 0.6) is 0 Å². The summed E-state index contributed by atoms with van der Waals surface area (Å²) in [4.78, 5) is 125. The molecule has 7 heterocycles. The standard InChI is InChI=1S/C62H90N13O14P.CH3.Co/c1-29-20-39-40(21-30(29)2)75(28-70-39)57-52(84)53(41(27-76)87-57)89-90(85,86)88-31(3)26-69-49(83)18-19-59(8)37(22-46(66)80)56-62(11)61(10,25-48(68)82)36(14-17-45(65)79)51(74-62)33(5)55-60(9,24-47(67)81)34(12-15-43(63)77)38(71-55)23-42-58(6,7)35(13-16-44(64)78)50(72-42)32(4)54(59)73-56;;/h20-21,23,28,31,34-37,41,52-53,56-57,76,84H,12-19,22,24-27H2,1-11H3,(H15,63,64,65,66,67,68,69,71,72,73,74,77,78,79,80,81,82,83,85,86);1H3;/q;-1;+3/p-1/t31-,34+,35+,36+,37-,41+,52+,53?,56+,57-,59+,60-,61-,62-;;/m0../s1. The number of aliphatic hydroxyl groups is 2. The Balaban J connectivity index is 0.00000672. The second kappa shape index (κ2) is 27.8. The fourth-order valence-corrected chi connectivity index (χ4v) is 16.5. The number of hydrogen-bond acceptors (Lipinski definition) is 17. The molecule has 2 saturated heterocycles. The molecule has 92 heavy (non-hydrogen) atoms. The van der Waals surface area contributed by atoms with Crippen molar-refractivity contribution in [1.82, 2.24) is 14.9 Å². The van der Waals surface area contributed by atoms with Gasteiger partial charge < -0.3 is 76.9 Å². The van der Waals surface area contributed by atoms with Crippen LogP contribution in [0.15, 0.2) is 67.8 Å². The number of imidazole rings is 1. The van der Waals surface area contributed by atoms with Gasteiger partial charge in [0.15, 0.2) is 6.23 Å². The van der Waals surface area contributed by atoms with E-state index in [-0.39, 0.29) is 101 Å².